The van der Waals surface area contributed by atoms with Crippen LogP contribution in [0, 0.1) is 6.92 Å². The van der Waals surface area contributed by atoms with Crippen LogP contribution in [0.3, 0.4) is 0 Å². The van der Waals surface area contributed by atoms with Crippen LogP contribution >= 0.6 is 11.6 Å². The summed E-state index contributed by atoms with van der Waals surface area (Å²) in [5, 5.41) is 13.4. The lowest BCUT2D eigenvalue weighted by Gasteiger charge is -2.08. The van der Waals surface area contributed by atoms with E-state index >= 15 is 0 Å². The first kappa shape index (κ1) is 19.4. The molecule has 0 unspecified atom stereocenters. The number of aromatic nitrogens is 1. The van der Waals surface area contributed by atoms with Gasteiger partial charge < -0.3 is 9.67 Å². The zero-order valence-corrected chi connectivity index (χ0v) is 15.8. The highest BCUT2D eigenvalue weighted by Gasteiger charge is 2.11. The van der Waals surface area contributed by atoms with Gasteiger partial charge in [-0.15, -0.1) is 0 Å². The maximum Gasteiger partial charge on any atom is 0.276 e. The molecular formula is C21H18ClN3O3. The second-order valence-electron chi connectivity index (χ2n) is 6.25. The molecule has 3 rings (SSSR count). The first-order valence-electron chi connectivity index (χ1n) is 8.51. The summed E-state index contributed by atoms with van der Waals surface area (Å²) in [5.41, 5.74) is 4.62. The number of amides is 1. The molecule has 1 heterocycles. The Hall–Kier alpha value is -3.38. The van der Waals surface area contributed by atoms with Crippen LogP contribution in [0.4, 0.5) is 0 Å². The number of nitrogens with one attached hydrogen (secondary N) is 1. The van der Waals surface area contributed by atoms with E-state index in [2.05, 4.69) is 10.5 Å². The van der Waals surface area contributed by atoms with Crippen molar-refractivity contribution in [3.8, 4) is 5.75 Å². The highest BCUT2D eigenvalue weighted by atomic mass is 35.5. The fourth-order valence-electron chi connectivity index (χ4n) is 2.55. The molecule has 0 saturated carbocycles. The normalized spacial score (nSPS) is 10.9. The van der Waals surface area contributed by atoms with Gasteiger partial charge >= 0.3 is 0 Å². The maximum atomic E-state index is 12.6. The maximum absolute atomic E-state index is 12.6. The molecule has 0 aliphatic rings. The van der Waals surface area contributed by atoms with Gasteiger partial charge in [-0.2, -0.15) is 5.10 Å². The Bertz CT molecular complexity index is 1090. The quantitative estimate of drug-likeness (QED) is 0.513. The minimum absolute atomic E-state index is 0.00417. The Morgan fingerprint density at radius 1 is 1.21 bits per heavy atom. The van der Waals surface area contributed by atoms with Crippen LogP contribution in [0.2, 0.25) is 5.02 Å². The molecule has 2 aromatic carbocycles. The lowest BCUT2D eigenvalue weighted by Crippen LogP contribution is -2.30. The summed E-state index contributed by atoms with van der Waals surface area (Å²) in [6.07, 6.45) is 3.01. The van der Waals surface area contributed by atoms with E-state index in [0.717, 1.165) is 11.1 Å². The molecule has 3 aromatic rings. The molecular weight excluding hydrogens is 378 g/mol. The molecule has 6 nitrogen and oxygen atoms in total. The molecule has 0 radical (unpaired) electrons. The smallest absolute Gasteiger partial charge is 0.276 e. The fourth-order valence-corrected chi connectivity index (χ4v) is 2.74. The third-order valence-corrected chi connectivity index (χ3v) is 4.39. The minimum atomic E-state index is -0.607. The van der Waals surface area contributed by atoms with Gasteiger partial charge in [-0.05, 0) is 48.4 Å². The molecule has 0 atom stereocenters. The fraction of sp³-hybridized carbons (Fsp3) is 0.0952. The molecule has 28 heavy (non-hydrogen) atoms. The number of pyridine rings is 1. The van der Waals surface area contributed by atoms with Crippen LogP contribution in [-0.4, -0.2) is 21.8 Å². The molecule has 142 valence electrons. The summed E-state index contributed by atoms with van der Waals surface area (Å²) in [5.74, 6) is -0.648. The van der Waals surface area contributed by atoms with E-state index in [9.17, 15) is 14.7 Å². The van der Waals surface area contributed by atoms with E-state index in [1.54, 1.807) is 18.3 Å². The van der Waals surface area contributed by atoms with Gasteiger partial charge in [0.1, 0.15) is 11.3 Å². The molecule has 1 aromatic heterocycles. The summed E-state index contributed by atoms with van der Waals surface area (Å²) < 4.78 is 1.48. The van der Waals surface area contributed by atoms with Gasteiger partial charge in [0, 0.05) is 6.20 Å². The van der Waals surface area contributed by atoms with Gasteiger partial charge in [0.15, 0.2) is 0 Å². The van der Waals surface area contributed by atoms with Crippen molar-refractivity contribution in [1.29, 1.82) is 0 Å². The van der Waals surface area contributed by atoms with Gasteiger partial charge in [-0.25, -0.2) is 5.43 Å². The number of phenolic OH excluding ortho intramolecular Hbond substituents is 1. The van der Waals surface area contributed by atoms with E-state index < -0.39 is 11.5 Å². The first-order valence-corrected chi connectivity index (χ1v) is 8.89. The van der Waals surface area contributed by atoms with Crippen LogP contribution in [0.5, 0.6) is 5.75 Å². The van der Waals surface area contributed by atoms with Gasteiger partial charge in [0.05, 0.1) is 17.8 Å². The molecule has 0 aliphatic carbocycles. The van der Waals surface area contributed by atoms with Crippen molar-refractivity contribution in [2.75, 3.05) is 0 Å². The zero-order chi connectivity index (χ0) is 20.1. The second kappa shape index (κ2) is 8.54. The van der Waals surface area contributed by atoms with Gasteiger partial charge in [0.25, 0.3) is 11.5 Å². The number of hydrogen-bond donors (Lipinski definition) is 2. The monoisotopic (exact) mass is 395 g/mol. The van der Waals surface area contributed by atoms with Crippen LogP contribution in [0.1, 0.15) is 27.0 Å². The van der Waals surface area contributed by atoms with Crippen LogP contribution in [0.25, 0.3) is 0 Å². The molecule has 1 amide bonds. The molecule has 0 fully saturated rings. The number of hydrogen-bond acceptors (Lipinski definition) is 4. The Kier molecular flexibility index (Phi) is 5.91. The molecule has 0 spiro atoms. The predicted molar refractivity (Wildman–Crippen MR) is 109 cm³/mol. The summed E-state index contributed by atoms with van der Waals surface area (Å²) in [6.45, 7) is 2.36. The zero-order valence-electron chi connectivity index (χ0n) is 15.1. The van der Waals surface area contributed by atoms with Crippen molar-refractivity contribution >= 4 is 23.7 Å². The van der Waals surface area contributed by atoms with E-state index in [0.29, 0.717) is 12.1 Å². The van der Waals surface area contributed by atoms with Crippen molar-refractivity contribution in [3.05, 3.63) is 98.4 Å². The average molecular weight is 396 g/mol. The number of aryl methyl sites for hydroxylation is 1. The topological polar surface area (TPSA) is 83.7 Å². The summed E-state index contributed by atoms with van der Waals surface area (Å²) in [6, 6.07) is 15.5. The molecule has 0 saturated heterocycles. The Balaban J connectivity index is 1.73. The van der Waals surface area contributed by atoms with E-state index in [1.165, 1.54) is 29.0 Å². The van der Waals surface area contributed by atoms with Crippen molar-refractivity contribution in [2.24, 2.45) is 5.10 Å². The molecule has 0 bridgehead atoms. The van der Waals surface area contributed by atoms with Gasteiger partial charge in [-0.1, -0.05) is 41.4 Å². The van der Waals surface area contributed by atoms with Crippen LogP contribution < -0.4 is 11.0 Å². The lowest BCUT2D eigenvalue weighted by atomic mass is 10.1. The number of hydrazone groups is 1. The first-order chi connectivity index (χ1) is 13.4. The number of nitrogens with zero attached hydrogens (tertiary/aromatic N) is 2. The van der Waals surface area contributed by atoms with E-state index in [4.69, 9.17) is 11.6 Å². The van der Waals surface area contributed by atoms with Crippen molar-refractivity contribution in [1.82, 2.24) is 9.99 Å². The number of benzene rings is 2. The van der Waals surface area contributed by atoms with Gasteiger partial charge in [-0.3, -0.25) is 9.59 Å². The van der Waals surface area contributed by atoms with Crippen molar-refractivity contribution in [2.45, 2.75) is 13.5 Å². The van der Waals surface area contributed by atoms with Crippen molar-refractivity contribution < 1.29 is 9.90 Å². The van der Waals surface area contributed by atoms with Crippen LogP contribution in [0.15, 0.2) is 70.7 Å². The molecule has 7 heteroatoms. The highest BCUT2D eigenvalue weighted by Crippen LogP contribution is 2.22. The molecule has 0 aliphatic heterocycles. The Morgan fingerprint density at radius 3 is 2.68 bits per heavy atom. The largest absolute Gasteiger partial charge is 0.506 e. The number of carbonyl (C=O) groups is 1. The Labute approximate surface area is 166 Å². The summed E-state index contributed by atoms with van der Waals surface area (Å²) in [4.78, 5) is 24.9. The Morgan fingerprint density at radius 2 is 1.96 bits per heavy atom. The lowest BCUT2D eigenvalue weighted by molar-refractivity contribution is 0.0953. The number of carbonyl (C=O) groups excluding carboxylic acids is 1. The summed E-state index contributed by atoms with van der Waals surface area (Å²) >= 11 is 5.82. The van der Waals surface area contributed by atoms with E-state index in [1.807, 2.05) is 31.2 Å². The predicted octanol–water partition coefficient (Wildman–Crippen LogP) is 3.33. The third kappa shape index (κ3) is 4.66. The van der Waals surface area contributed by atoms with Gasteiger partial charge in [0.2, 0.25) is 0 Å². The molecule has 2 N–H and O–H groups in total. The van der Waals surface area contributed by atoms with E-state index in [-0.39, 0.29) is 16.3 Å². The number of aromatic hydroxyl groups is 1. The standard InChI is InChI=1S/C21H18ClN3O3/c1-14-4-6-15(7-5-14)13-25-10-2-3-17(21(25)28)20(27)24-23-12-16-8-9-19(26)18(22)11-16/h2-12,26H,13H2,1H3,(H,24,27)/b23-12-. The highest BCUT2D eigenvalue weighted by molar-refractivity contribution is 6.32. The SMILES string of the molecule is Cc1ccc(Cn2cccc(C(=O)N/N=C\c3ccc(O)c(Cl)c3)c2=O)cc1. The third-order valence-electron chi connectivity index (χ3n) is 4.09. The number of halogens is 1. The average Bonchev–Trinajstić information content (AvgIpc) is 2.68. The summed E-state index contributed by atoms with van der Waals surface area (Å²) in [7, 11) is 0. The number of rotatable bonds is 5. The second-order valence-corrected chi connectivity index (χ2v) is 6.66. The number of phenols is 1. The minimum Gasteiger partial charge on any atom is -0.506 e. The van der Waals surface area contributed by atoms with Crippen molar-refractivity contribution in [3.63, 3.8) is 0 Å². The van der Waals surface area contributed by atoms with Crippen LogP contribution in [-0.2, 0) is 6.54 Å².